The zero-order valence-electron chi connectivity index (χ0n) is 17.2. The van der Waals surface area contributed by atoms with E-state index in [1.807, 2.05) is 4.90 Å². The van der Waals surface area contributed by atoms with Gasteiger partial charge in [-0.2, -0.15) is 0 Å². The molecule has 3 N–H and O–H groups in total. The van der Waals surface area contributed by atoms with Crippen LogP contribution in [0.15, 0.2) is 0 Å². The Morgan fingerprint density at radius 3 is 2.45 bits per heavy atom. The normalized spacial score (nSPS) is 15.6. The van der Waals surface area contributed by atoms with Crippen molar-refractivity contribution in [3.8, 4) is 0 Å². The molecule has 0 saturated carbocycles. The first-order valence-electron chi connectivity index (χ1n) is 9.42. The number of Topliss-reactive ketones (excluding diaryl/α,β-unsaturated/α-hetero) is 1. The summed E-state index contributed by atoms with van der Waals surface area (Å²) in [7, 11) is 0. The van der Waals surface area contributed by atoms with Crippen molar-refractivity contribution in [3.63, 3.8) is 0 Å². The molecule has 0 aliphatic carbocycles. The third-order valence-electron chi connectivity index (χ3n) is 3.83. The molecule has 0 unspecified atom stereocenters. The van der Waals surface area contributed by atoms with Gasteiger partial charge in [0.05, 0.1) is 36.6 Å². The van der Waals surface area contributed by atoms with E-state index in [2.05, 4.69) is 15.4 Å². The predicted octanol–water partition coefficient (Wildman–Crippen LogP) is -1.08. The van der Waals surface area contributed by atoms with Gasteiger partial charge in [0.1, 0.15) is 11.6 Å². The number of esters is 1. The fourth-order valence-electron chi connectivity index (χ4n) is 2.49. The summed E-state index contributed by atoms with van der Waals surface area (Å²) in [4.78, 5) is 52.8. The van der Waals surface area contributed by atoms with E-state index in [9.17, 15) is 19.2 Å². The van der Waals surface area contributed by atoms with E-state index in [1.54, 1.807) is 20.8 Å². The number of carbonyl (C=O) groups excluding carboxylic acids is 4. The molecule has 11 nitrogen and oxygen atoms in total. The Morgan fingerprint density at radius 1 is 1.21 bits per heavy atom. The van der Waals surface area contributed by atoms with Crippen molar-refractivity contribution in [1.82, 2.24) is 15.5 Å². The highest BCUT2D eigenvalue weighted by Crippen LogP contribution is 2.11. The molecule has 0 spiro atoms. The Labute approximate surface area is 169 Å². The SMILES string of the molecule is CC(C)(C)OC(=O)[C@H](CCC(=O)C=[N+]=N)NC(=O)CNC(=O)CN1CCOCC1. The zero-order chi connectivity index (χ0) is 21.9. The summed E-state index contributed by atoms with van der Waals surface area (Å²) >= 11 is 0. The zero-order valence-corrected chi connectivity index (χ0v) is 17.2. The molecular formula is C18H30N5O6+. The van der Waals surface area contributed by atoms with Crippen molar-refractivity contribution in [2.24, 2.45) is 0 Å². The molecule has 0 bridgehead atoms. The molecule has 1 atom stereocenters. The summed E-state index contributed by atoms with van der Waals surface area (Å²) in [6.45, 7) is 7.35. The van der Waals surface area contributed by atoms with E-state index >= 15 is 0 Å². The molecule has 1 aliphatic heterocycles. The number of morpholine rings is 1. The number of ketones is 1. The highest BCUT2D eigenvalue weighted by Gasteiger charge is 2.27. The van der Waals surface area contributed by atoms with Gasteiger partial charge in [0.2, 0.25) is 17.6 Å². The highest BCUT2D eigenvalue weighted by molar-refractivity contribution is 6.25. The number of ether oxygens (including phenoxy) is 2. The van der Waals surface area contributed by atoms with Gasteiger partial charge in [-0.05, 0) is 27.2 Å². The third kappa shape index (κ3) is 11.1. The van der Waals surface area contributed by atoms with E-state index in [-0.39, 0.29) is 31.8 Å². The van der Waals surface area contributed by atoms with Crippen LogP contribution >= 0.6 is 0 Å². The lowest BCUT2D eigenvalue weighted by Gasteiger charge is -2.26. The molecule has 2 amide bonds. The number of nitrogens with one attached hydrogen (secondary N) is 3. The fraction of sp³-hybridized carbons (Fsp3) is 0.722. The van der Waals surface area contributed by atoms with Crippen molar-refractivity contribution >= 4 is 29.8 Å². The number of carbonyl (C=O) groups is 4. The molecular weight excluding hydrogens is 382 g/mol. The Hall–Kier alpha value is -2.62. The van der Waals surface area contributed by atoms with Gasteiger partial charge < -0.3 is 20.1 Å². The minimum atomic E-state index is -1.05. The van der Waals surface area contributed by atoms with Crippen LogP contribution in [0.4, 0.5) is 0 Å². The van der Waals surface area contributed by atoms with Crippen LogP contribution in [0.5, 0.6) is 0 Å². The van der Waals surface area contributed by atoms with Gasteiger partial charge in [-0.1, -0.05) is 0 Å². The fourth-order valence-corrected chi connectivity index (χ4v) is 2.49. The Balaban J connectivity index is 2.54. The third-order valence-corrected chi connectivity index (χ3v) is 3.83. The maximum Gasteiger partial charge on any atom is 0.372 e. The molecule has 1 rings (SSSR count). The van der Waals surface area contributed by atoms with Gasteiger partial charge in [-0.25, -0.2) is 4.79 Å². The van der Waals surface area contributed by atoms with Gasteiger partial charge in [-0.3, -0.25) is 19.3 Å². The van der Waals surface area contributed by atoms with Gasteiger partial charge in [0, 0.05) is 19.5 Å². The smallest absolute Gasteiger partial charge is 0.372 e. The highest BCUT2D eigenvalue weighted by atomic mass is 16.6. The number of hydrogen-bond acceptors (Lipinski definition) is 8. The maximum absolute atomic E-state index is 12.3. The van der Waals surface area contributed by atoms with Crippen LogP contribution in [0.1, 0.15) is 33.6 Å². The summed E-state index contributed by atoms with van der Waals surface area (Å²) in [6, 6.07) is -1.05. The molecule has 1 saturated heterocycles. The quantitative estimate of drug-likeness (QED) is 0.179. The van der Waals surface area contributed by atoms with E-state index in [4.69, 9.17) is 15.0 Å². The molecule has 1 heterocycles. The molecule has 29 heavy (non-hydrogen) atoms. The summed E-state index contributed by atoms with van der Waals surface area (Å²) < 4.78 is 10.5. The van der Waals surface area contributed by atoms with Crippen LogP contribution in [-0.4, -0.2) is 90.5 Å². The molecule has 1 aliphatic rings. The van der Waals surface area contributed by atoms with Crippen molar-refractivity contribution < 1.29 is 33.4 Å². The average Bonchev–Trinajstić information content (AvgIpc) is 2.63. The second kappa shape index (κ2) is 12.1. The first-order valence-corrected chi connectivity index (χ1v) is 9.42. The summed E-state index contributed by atoms with van der Waals surface area (Å²) in [5.74, 6) is -2.00. The van der Waals surface area contributed by atoms with Crippen LogP contribution in [0.2, 0.25) is 0 Å². The Morgan fingerprint density at radius 2 is 1.86 bits per heavy atom. The average molecular weight is 412 g/mol. The van der Waals surface area contributed by atoms with Crippen molar-refractivity contribution in [2.45, 2.75) is 45.3 Å². The van der Waals surface area contributed by atoms with Crippen molar-refractivity contribution in [1.29, 1.82) is 5.53 Å². The number of nitrogens with zero attached hydrogens (tertiary/aromatic N) is 2. The predicted molar refractivity (Wildman–Crippen MR) is 101 cm³/mol. The van der Waals surface area contributed by atoms with Crippen LogP contribution in [0, 0.1) is 5.53 Å². The molecule has 11 heteroatoms. The molecule has 162 valence electrons. The number of hydrogen-bond donors (Lipinski definition) is 3. The van der Waals surface area contributed by atoms with Gasteiger partial charge in [-0.15, -0.1) is 0 Å². The Bertz CT molecular complexity index is 648. The van der Waals surface area contributed by atoms with Gasteiger partial charge in [0.15, 0.2) is 0 Å². The van der Waals surface area contributed by atoms with E-state index < -0.39 is 29.3 Å². The largest absolute Gasteiger partial charge is 0.458 e. The second-order valence-electron chi connectivity index (χ2n) is 7.58. The number of rotatable bonds is 10. The minimum absolute atomic E-state index is 0.00672. The number of amides is 2. The summed E-state index contributed by atoms with van der Waals surface area (Å²) in [5.41, 5.74) is 5.89. The van der Waals surface area contributed by atoms with Gasteiger partial charge in [0.25, 0.3) is 0 Å². The van der Waals surface area contributed by atoms with Crippen molar-refractivity contribution in [3.05, 3.63) is 0 Å². The second-order valence-corrected chi connectivity index (χ2v) is 7.58. The molecule has 0 aromatic carbocycles. The summed E-state index contributed by atoms with van der Waals surface area (Å²) in [5, 5.41) is 5.00. The summed E-state index contributed by atoms with van der Waals surface area (Å²) in [6.07, 6.45) is 0.739. The minimum Gasteiger partial charge on any atom is -0.458 e. The van der Waals surface area contributed by atoms with Crippen LogP contribution < -0.4 is 10.6 Å². The lowest BCUT2D eigenvalue weighted by Crippen LogP contribution is -2.49. The molecule has 0 aromatic heterocycles. The van der Waals surface area contributed by atoms with Crippen LogP contribution in [0.25, 0.3) is 0 Å². The first kappa shape index (κ1) is 24.4. The lowest BCUT2D eigenvalue weighted by molar-refractivity contribution is -0.158. The molecule has 0 radical (unpaired) electrons. The van der Waals surface area contributed by atoms with Crippen molar-refractivity contribution in [2.75, 3.05) is 39.4 Å². The van der Waals surface area contributed by atoms with Crippen LogP contribution in [-0.2, 0) is 28.7 Å². The molecule has 0 aromatic rings. The standard InChI is InChI=1S/C18H29N5O6/c1-18(2,3)29-17(27)14(5-4-13(24)10-21-19)22-15(25)11-20-16(26)12-23-6-8-28-9-7-23/h10,14,19H,4-9,11-12H2,1-3H3,(H-,20,22,25,26)/p+1/t14-/m0/s1. The molecule has 1 fully saturated rings. The van der Waals surface area contributed by atoms with E-state index in [0.29, 0.717) is 26.3 Å². The van der Waals surface area contributed by atoms with Gasteiger partial charge >= 0.3 is 12.2 Å². The first-order chi connectivity index (χ1) is 13.6. The van der Waals surface area contributed by atoms with Crippen LogP contribution in [0.3, 0.4) is 0 Å². The maximum atomic E-state index is 12.3. The van der Waals surface area contributed by atoms with E-state index in [1.165, 1.54) is 0 Å². The monoisotopic (exact) mass is 412 g/mol. The van der Waals surface area contributed by atoms with E-state index in [0.717, 1.165) is 6.21 Å². The lowest BCUT2D eigenvalue weighted by atomic mass is 10.1. The topological polar surface area (TPSA) is 152 Å². The Kier molecular flexibility index (Phi) is 10.1.